The average molecular weight is 523 g/mol. The number of rotatable bonds is 7. The van der Waals surface area contributed by atoms with Gasteiger partial charge in [0, 0.05) is 40.9 Å². The van der Waals surface area contributed by atoms with Crippen LogP contribution in [0.25, 0.3) is 0 Å². The zero-order chi connectivity index (χ0) is 26.5. The molecule has 1 aliphatic carbocycles. The van der Waals surface area contributed by atoms with Gasteiger partial charge in [-0.05, 0) is 61.4 Å². The minimum Gasteiger partial charge on any atom is -0.324 e. The number of hydrogen-bond donors (Lipinski definition) is 5. The van der Waals surface area contributed by atoms with E-state index in [1.54, 1.807) is 36.5 Å². The van der Waals surface area contributed by atoms with E-state index in [0.717, 1.165) is 17.8 Å². The maximum Gasteiger partial charge on any atom is 0.416 e. The molecule has 1 fully saturated rings. The third-order valence-corrected chi connectivity index (χ3v) is 6.15. The fourth-order valence-corrected chi connectivity index (χ4v) is 4.30. The van der Waals surface area contributed by atoms with E-state index in [9.17, 15) is 18.0 Å². The monoisotopic (exact) mass is 522 g/mol. The lowest BCUT2D eigenvalue weighted by Crippen LogP contribution is -2.19. The number of aromatic amines is 1. The lowest BCUT2D eigenvalue weighted by Gasteiger charge is -2.11. The summed E-state index contributed by atoms with van der Waals surface area (Å²) >= 11 is 0. The highest BCUT2D eigenvalue weighted by atomic mass is 19.4. The average Bonchev–Trinajstić information content (AvgIpc) is 3.58. The molecule has 1 aliphatic rings. The second-order valence-corrected chi connectivity index (χ2v) is 8.94. The molecule has 196 valence electrons. The Hall–Kier alpha value is -4.61. The lowest BCUT2D eigenvalue weighted by molar-refractivity contribution is -0.137. The van der Waals surface area contributed by atoms with Crippen molar-refractivity contribution in [3.63, 3.8) is 0 Å². The number of carbonyl (C=O) groups is 1. The molecule has 0 saturated heterocycles. The minimum absolute atomic E-state index is 0.0332. The molecule has 0 aliphatic heterocycles. The third kappa shape index (κ3) is 6.38. The second kappa shape index (κ2) is 10.8. The summed E-state index contributed by atoms with van der Waals surface area (Å²) in [4.78, 5) is 20.9. The predicted molar refractivity (Wildman–Crippen MR) is 139 cm³/mol. The molecule has 0 atom stereocenters. The number of amides is 2. The van der Waals surface area contributed by atoms with Gasteiger partial charge in [-0.2, -0.15) is 23.3 Å². The normalized spacial score (nSPS) is 13.8. The molecule has 2 aromatic heterocycles. The molecular formula is C26H25F3N8O. The Kier molecular flexibility index (Phi) is 7.11. The number of hydrogen-bond acceptors (Lipinski definition) is 6. The molecule has 0 unspecified atom stereocenters. The molecule has 5 N–H and O–H groups in total. The van der Waals surface area contributed by atoms with Gasteiger partial charge in [0.1, 0.15) is 5.82 Å². The van der Waals surface area contributed by atoms with Crippen LogP contribution >= 0.6 is 0 Å². The Morgan fingerprint density at radius 2 is 1.61 bits per heavy atom. The first-order valence-corrected chi connectivity index (χ1v) is 12.1. The van der Waals surface area contributed by atoms with Crippen LogP contribution in [0.2, 0.25) is 0 Å². The van der Waals surface area contributed by atoms with Gasteiger partial charge < -0.3 is 21.3 Å². The van der Waals surface area contributed by atoms with E-state index < -0.39 is 17.8 Å². The Labute approximate surface area is 216 Å². The van der Waals surface area contributed by atoms with E-state index in [-0.39, 0.29) is 5.69 Å². The summed E-state index contributed by atoms with van der Waals surface area (Å²) in [5.41, 5.74) is 1.45. The summed E-state index contributed by atoms with van der Waals surface area (Å²) in [6.07, 6.45) is 1.98. The number of nitrogens with zero attached hydrogens (tertiary/aromatic N) is 3. The molecule has 12 heteroatoms. The van der Waals surface area contributed by atoms with Crippen LogP contribution < -0.4 is 21.3 Å². The van der Waals surface area contributed by atoms with Crippen molar-refractivity contribution in [2.75, 3.05) is 21.3 Å². The van der Waals surface area contributed by atoms with E-state index in [1.165, 1.54) is 37.8 Å². The SMILES string of the molecule is O=C(Nc1ccc(Nc2nccc(Nc3cc(C4CCCC4)[nH]n3)n2)cc1)Nc1cccc(C(F)(F)F)c1. The van der Waals surface area contributed by atoms with Gasteiger partial charge in [-0.1, -0.05) is 18.9 Å². The number of halogens is 3. The maximum absolute atomic E-state index is 12.9. The van der Waals surface area contributed by atoms with Crippen molar-refractivity contribution in [1.82, 2.24) is 20.2 Å². The Morgan fingerprint density at radius 1 is 0.868 bits per heavy atom. The summed E-state index contributed by atoms with van der Waals surface area (Å²) in [5.74, 6) is 2.17. The largest absolute Gasteiger partial charge is 0.416 e. The Bertz CT molecular complexity index is 1400. The molecular weight excluding hydrogens is 497 g/mol. The smallest absolute Gasteiger partial charge is 0.324 e. The van der Waals surface area contributed by atoms with Crippen LogP contribution in [0.4, 0.5) is 52.6 Å². The second-order valence-electron chi connectivity index (χ2n) is 8.94. The van der Waals surface area contributed by atoms with Gasteiger partial charge in [-0.25, -0.2) is 9.78 Å². The van der Waals surface area contributed by atoms with E-state index in [0.29, 0.717) is 34.9 Å². The molecule has 1 saturated carbocycles. The summed E-state index contributed by atoms with van der Waals surface area (Å²) in [6, 6.07) is 14.2. The molecule has 2 aromatic carbocycles. The fraction of sp³-hybridized carbons (Fsp3) is 0.231. The number of alkyl halides is 3. The van der Waals surface area contributed by atoms with E-state index in [2.05, 4.69) is 41.4 Å². The van der Waals surface area contributed by atoms with Gasteiger partial charge in [0.05, 0.1) is 5.56 Å². The lowest BCUT2D eigenvalue weighted by atomic mass is 10.0. The first-order chi connectivity index (χ1) is 18.3. The molecule has 38 heavy (non-hydrogen) atoms. The number of benzene rings is 2. The predicted octanol–water partition coefficient (Wildman–Crippen LogP) is 7.01. The molecule has 2 amide bonds. The first-order valence-electron chi connectivity index (χ1n) is 12.1. The van der Waals surface area contributed by atoms with E-state index in [4.69, 9.17) is 0 Å². The van der Waals surface area contributed by atoms with E-state index >= 15 is 0 Å². The van der Waals surface area contributed by atoms with Gasteiger partial charge in [0.15, 0.2) is 5.82 Å². The zero-order valence-electron chi connectivity index (χ0n) is 20.1. The maximum atomic E-state index is 12.9. The zero-order valence-corrected chi connectivity index (χ0v) is 20.1. The number of carbonyl (C=O) groups excluding carboxylic acids is 1. The molecule has 4 aromatic rings. The van der Waals surface area contributed by atoms with Crippen LogP contribution in [0.15, 0.2) is 66.9 Å². The summed E-state index contributed by atoms with van der Waals surface area (Å²) < 4.78 is 38.6. The van der Waals surface area contributed by atoms with Crippen molar-refractivity contribution < 1.29 is 18.0 Å². The summed E-state index contributed by atoms with van der Waals surface area (Å²) in [7, 11) is 0. The van der Waals surface area contributed by atoms with Crippen molar-refractivity contribution in [1.29, 1.82) is 0 Å². The third-order valence-electron chi connectivity index (χ3n) is 6.15. The van der Waals surface area contributed by atoms with Crippen LogP contribution in [0.5, 0.6) is 0 Å². The molecule has 0 radical (unpaired) electrons. The van der Waals surface area contributed by atoms with Crippen molar-refractivity contribution in [3.8, 4) is 0 Å². The quantitative estimate of drug-likeness (QED) is 0.178. The standard InChI is InChI=1S/C26H25F3N8O/c27-26(28,29)17-6-3-7-20(14-17)33-25(38)32-19-10-8-18(9-11-19)31-24-30-13-12-22(35-24)34-23-15-21(36-37-23)16-4-1-2-5-16/h3,6-16H,1-2,4-5H2,(H2,32,33,38)(H3,30,31,34,35,36,37). The fourth-order valence-electron chi connectivity index (χ4n) is 4.30. The van der Waals surface area contributed by atoms with Crippen LogP contribution in [0.3, 0.4) is 0 Å². The number of nitrogens with one attached hydrogen (secondary N) is 5. The van der Waals surface area contributed by atoms with Gasteiger partial charge in [-0.3, -0.25) is 5.10 Å². The Balaban J connectivity index is 1.16. The minimum atomic E-state index is -4.49. The molecule has 5 rings (SSSR count). The van der Waals surface area contributed by atoms with Gasteiger partial charge in [-0.15, -0.1) is 0 Å². The van der Waals surface area contributed by atoms with Crippen LogP contribution in [-0.2, 0) is 6.18 Å². The van der Waals surface area contributed by atoms with Gasteiger partial charge in [0.25, 0.3) is 0 Å². The van der Waals surface area contributed by atoms with Crippen molar-refractivity contribution in [2.45, 2.75) is 37.8 Å². The number of H-pyrrole nitrogens is 1. The first kappa shape index (κ1) is 25.1. The number of urea groups is 1. The summed E-state index contributed by atoms with van der Waals surface area (Å²) in [5, 5.41) is 18.7. The van der Waals surface area contributed by atoms with Crippen LogP contribution in [0, 0.1) is 0 Å². The van der Waals surface area contributed by atoms with Crippen LogP contribution in [-0.4, -0.2) is 26.2 Å². The molecule has 0 bridgehead atoms. The molecule has 0 spiro atoms. The van der Waals surface area contributed by atoms with Crippen molar-refractivity contribution in [2.24, 2.45) is 0 Å². The topological polar surface area (TPSA) is 120 Å². The Morgan fingerprint density at radius 3 is 2.37 bits per heavy atom. The number of anilines is 6. The molecule has 2 heterocycles. The highest BCUT2D eigenvalue weighted by Gasteiger charge is 2.30. The highest BCUT2D eigenvalue weighted by Crippen LogP contribution is 2.34. The van der Waals surface area contributed by atoms with Crippen molar-refractivity contribution in [3.05, 3.63) is 78.1 Å². The van der Waals surface area contributed by atoms with Gasteiger partial charge >= 0.3 is 12.2 Å². The number of aromatic nitrogens is 4. The van der Waals surface area contributed by atoms with E-state index in [1.807, 2.05) is 6.07 Å². The summed E-state index contributed by atoms with van der Waals surface area (Å²) in [6.45, 7) is 0. The molecule has 9 nitrogen and oxygen atoms in total. The highest BCUT2D eigenvalue weighted by molar-refractivity contribution is 5.99. The van der Waals surface area contributed by atoms with Crippen LogP contribution in [0.1, 0.15) is 42.9 Å². The van der Waals surface area contributed by atoms with Crippen molar-refractivity contribution >= 4 is 40.7 Å². The van der Waals surface area contributed by atoms with Gasteiger partial charge in [0.2, 0.25) is 5.95 Å².